The molecule has 0 bridgehead atoms. The molecule has 0 heterocycles. The van der Waals surface area contributed by atoms with Crippen molar-refractivity contribution in [2.75, 3.05) is 7.05 Å². The molecular formula is C5H14N2. The van der Waals surface area contributed by atoms with Gasteiger partial charge in [0.1, 0.15) is 0 Å². The SMILES string of the molecule is CN[C@H](C)C(C)N. The highest BCUT2D eigenvalue weighted by Crippen LogP contribution is 1.82. The van der Waals surface area contributed by atoms with E-state index in [-0.39, 0.29) is 6.04 Å². The molecule has 0 spiro atoms. The Kier molecular flexibility index (Phi) is 2.96. The first kappa shape index (κ1) is 6.92. The predicted octanol–water partition coefficient (Wildman–Crippen LogP) is -0.0585. The summed E-state index contributed by atoms with van der Waals surface area (Å²) in [5.41, 5.74) is 5.48. The second-order valence-electron chi connectivity index (χ2n) is 1.94. The zero-order valence-electron chi connectivity index (χ0n) is 5.23. The Balaban J connectivity index is 3.14. The van der Waals surface area contributed by atoms with Crippen molar-refractivity contribution >= 4 is 0 Å². The predicted molar refractivity (Wildman–Crippen MR) is 32.2 cm³/mol. The lowest BCUT2D eigenvalue weighted by atomic mass is 10.2. The third-order valence-corrected chi connectivity index (χ3v) is 1.24. The zero-order chi connectivity index (χ0) is 5.86. The minimum Gasteiger partial charge on any atom is -0.327 e. The van der Waals surface area contributed by atoms with Crippen LogP contribution in [0.2, 0.25) is 0 Å². The van der Waals surface area contributed by atoms with Crippen LogP contribution < -0.4 is 11.1 Å². The van der Waals surface area contributed by atoms with E-state index in [1.165, 1.54) is 0 Å². The van der Waals surface area contributed by atoms with Crippen LogP contribution in [0.5, 0.6) is 0 Å². The van der Waals surface area contributed by atoms with E-state index < -0.39 is 0 Å². The van der Waals surface area contributed by atoms with Crippen molar-refractivity contribution in [2.24, 2.45) is 5.73 Å². The molecule has 0 aromatic carbocycles. The smallest absolute Gasteiger partial charge is 0.0185 e. The maximum Gasteiger partial charge on any atom is 0.0185 e. The Hall–Kier alpha value is -0.0800. The summed E-state index contributed by atoms with van der Waals surface area (Å²) >= 11 is 0. The lowest BCUT2D eigenvalue weighted by Gasteiger charge is -2.12. The minimum absolute atomic E-state index is 0.255. The van der Waals surface area contributed by atoms with Crippen molar-refractivity contribution in [3.05, 3.63) is 0 Å². The van der Waals surface area contributed by atoms with Gasteiger partial charge in [-0.3, -0.25) is 0 Å². The Morgan fingerprint density at radius 3 is 1.86 bits per heavy atom. The Morgan fingerprint density at radius 1 is 1.43 bits per heavy atom. The molecule has 0 saturated heterocycles. The van der Waals surface area contributed by atoms with Crippen LogP contribution in [-0.2, 0) is 0 Å². The summed E-state index contributed by atoms with van der Waals surface area (Å²) in [5, 5.41) is 3.04. The topological polar surface area (TPSA) is 38.0 Å². The number of nitrogens with one attached hydrogen (secondary N) is 1. The Morgan fingerprint density at radius 2 is 1.86 bits per heavy atom. The molecule has 1 unspecified atom stereocenters. The maximum absolute atomic E-state index is 5.48. The third-order valence-electron chi connectivity index (χ3n) is 1.24. The van der Waals surface area contributed by atoms with Gasteiger partial charge in [0.15, 0.2) is 0 Å². The van der Waals surface area contributed by atoms with Crippen LogP contribution in [0.4, 0.5) is 0 Å². The van der Waals surface area contributed by atoms with Gasteiger partial charge in [0.25, 0.3) is 0 Å². The van der Waals surface area contributed by atoms with Crippen molar-refractivity contribution in [2.45, 2.75) is 25.9 Å². The molecule has 2 heteroatoms. The molecule has 2 atom stereocenters. The summed E-state index contributed by atoms with van der Waals surface area (Å²) in [4.78, 5) is 0. The highest BCUT2D eigenvalue weighted by Gasteiger charge is 2.00. The van der Waals surface area contributed by atoms with E-state index >= 15 is 0 Å². The van der Waals surface area contributed by atoms with E-state index in [4.69, 9.17) is 5.73 Å². The third kappa shape index (κ3) is 2.60. The molecule has 0 amide bonds. The van der Waals surface area contributed by atoms with Gasteiger partial charge in [0, 0.05) is 12.1 Å². The van der Waals surface area contributed by atoms with Gasteiger partial charge >= 0.3 is 0 Å². The van der Waals surface area contributed by atoms with Gasteiger partial charge in [-0.25, -0.2) is 0 Å². The number of nitrogens with two attached hydrogens (primary N) is 1. The molecule has 3 N–H and O–H groups in total. The molecule has 0 aromatic heterocycles. The van der Waals surface area contributed by atoms with Crippen LogP contribution in [0.25, 0.3) is 0 Å². The van der Waals surface area contributed by atoms with Crippen molar-refractivity contribution in [3.63, 3.8) is 0 Å². The van der Waals surface area contributed by atoms with Crippen LogP contribution in [0.15, 0.2) is 0 Å². The zero-order valence-corrected chi connectivity index (χ0v) is 5.23. The lowest BCUT2D eigenvalue weighted by molar-refractivity contribution is 0.519. The van der Waals surface area contributed by atoms with Gasteiger partial charge < -0.3 is 11.1 Å². The highest BCUT2D eigenvalue weighted by atomic mass is 14.9. The fourth-order valence-electron chi connectivity index (χ4n) is 0.263. The molecular weight excluding hydrogens is 88.1 g/mol. The monoisotopic (exact) mass is 102 g/mol. The van der Waals surface area contributed by atoms with E-state index in [9.17, 15) is 0 Å². The number of likely N-dealkylation sites (N-methyl/N-ethyl adjacent to an activating group) is 1. The average molecular weight is 102 g/mol. The molecule has 0 saturated carbocycles. The molecule has 0 fully saturated rings. The number of rotatable bonds is 2. The molecule has 0 aliphatic carbocycles. The van der Waals surface area contributed by atoms with Crippen LogP contribution >= 0.6 is 0 Å². The van der Waals surface area contributed by atoms with E-state index in [0.29, 0.717) is 6.04 Å². The molecule has 0 rings (SSSR count). The quantitative estimate of drug-likeness (QED) is 0.512. The van der Waals surface area contributed by atoms with Gasteiger partial charge in [-0.05, 0) is 20.9 Å². The first-order chi connectivity index (χ1) is 3.18. The van der Waals surface area contributed by atoms with Crippen LogP contribution in [-0.4, -0.2) is 19.1 Å². The molecule has 0 aromatic rings. The van der Waals surface area contributed by atoms with Gasteiger partial charge in [-0.1, -0.05) is 0 Å². The minimum atomic E-state index is 0.255. The largest absolute Gasteiger partial charge is 0.327 e. The van der Waals surface area contributed by atoms with E-state index in [1.807, 2.05) is 14.0 Å². The fraction of sp³-hybridized carbons (Fsp3) is 1.00. The first-order valence-electron chi connectivity index (χ1n) is 2.61. The van der Waals surface area contributed by atoms with Crippen LogP contribution in [0, 0.1) is 0 Å². The summed E-state index contributed by atoms with van der Waals surface area (Å²) in [7, 11) is 1.91. The first-order valence-corrected chi connectivity index (χ1v) is 2.61. The molecule has 2 nitrogen and oxygen atoms in total. The second-order valence-corrected chi connectivity index (χ2v) is 1.94. The number of hydrogen-bond acceptors (Lipinski definition) is 2. The maximum atomic E-state index is 5.48. The Bertz CT molecular complexity index is 43.3. The number of hydrogen-bond donors (Lipinski definition) is 2. The highest BCUT2D eigenvalue weighted by molar-refractivity contribution is 4.66. The Labute approximate surface area is 45.1 Å². The lowest BCUT2D eigenvalue weighted by Crippen LogP contribution is -2.38. The average Bonchev–Trinajstić information content (AvgIpc) is 1.65. The van der Waals surface area contributed by atoms with Crippen molar-refractivity contribution in [1.29, 1.82) is 0 Å². The van der Waals surface area contributed by atoms with E-state index in [2.05, 4.69) is 12.2 Å². The van der Waals surface area contributed by atoms with E-state index in [1.54, 1.807) is 0 Å². The molecule has 0 aliphatic rings. The van der Waals surface area contributed by atoms with Crippen molar-refractivity contribution < 1.29 is 0 Å². The summed E-state index contributed by atoms with van der Waals surface area (Å²) < 4.78 is 0. The van der Waals surface area contributed by atoms with Gasteiger partial charge in [0.2, 0.25) is 0 Å². The second kappa shape index (κ2) is 2.99. The normalized spacial score (nSPS) is 18.9. The van der Waals surface area contributed by atoms with Crippen LogP contribution in [0.1, 0.15) is 13.8 Å². The van der Waals surface area contributed by atoms with Gasteiger partial charge in [0.05, 0.1) is 0 Å². The van der Waals surface area contributed by atoms with E-state index in [0.717, 1.165) is 0 Å². The summed E-state index contributed by atoms with van der Waals surface area (Å²) in [6.45, 7) is 4.05. The van der Waals surface area contributed by atoms with Gasteiger partial charge in [-0.15, -0.1) is 0 Å². The summed E-state index contributed by atoms with van der Waals surface area (Å²) in [5.74, 6) is 0. The molecule has 7 heavy (non-hydrogen) atoms. The molecule has 0 aliphatic heterocycles. The fourth-order valence-corrected chi connectivity index (χ4v) is 0.263. The molecule has 0 radical (unpaired) electrons. The van der Waals surface area contributed by atoms with Crippen molar-refractivity contribution in [3.8, 4) is 0 Å². The summed E-state index contributed by atoms with van der Waals surface area (Å²) in [6, 6.07) is 0.685. The molecule has 44 valence electrons. The standard InChI is InChI=1S/C5H14N2/c1-4(6)5(2)7-3/h4-5,7H,6H2,1-3H3/t4?,5-/m1/s1. The summed E-state index contributed by atoms with van der Waals surface area (Å²) in [6.07, 6.45) is 0. The van der Waals surface area contributed by atoms with Gasteiger partial charge in [-0.2, -0.15) is 0 Å². The van der Waals surface area contributed by atoms with Crippen LogP contribution in [0.3, 0.4) is 0 Å². The van der Waals surface area contributed by atoms with Crippen molar-refractivity contribution in [1.82, 2.24) is 5.32 Å².